The van der Waals surface area contributed by atoms with Crippen molar-refractivity contribution >= 4 is 36.0 Å². The van der Waals surface area contributed by atoms with Gasteiger partial charge in [-0.05, 0) is 46.5 Å². The van der Waals surface area contributed by atoms with Crippen molar-refractivity contribution in [3.05, 3.63) is 18.2 Å². The summed E-state index contributed by atoms with van der Waals surface area (Å²) >= 11 is 0. The number of ether oxygens (including phenoxy) is 1. The number of aliphatic imine (C=N–C) groups is 1. The Bertz CT molecular complexity index is 599. The van der Waals surface area contributed by atoms with Gasteiger partial charge >= 0.3 is 6.09 Å². The van der Waals surface area contributed by atoms with Gasteiger partial charge in [0.2, 0.25) is 0 Å². The van der Waals surface area contributed by atoms with Crippen molar-refractivity contribution in [1.29, 1.82) is 0 Å². The predicted octanol–water partition coefficient (Wildman–Crippen LogP) is 2.77. The lowest BCUT2D eigenvalue weighted by atomic mass is 10.1. The minimum Gasteiger partial charge on any atom is -0.450 e. The van der Waals surface area contributed by atoms with Gasteiger partial charge in [0.15, 0.2) is 5.96 Å². The van der Waals surface area contributed by atoms with Crippen LogP contribution in [0.25, 0.3) is 0 Å². The highest BCUT2D eigenvalue weighted by atomic mass is 127. The number of hydrogen-bond donors (Lipinski definition) is 2. The van der Waals surface area contributed by atoms with E-state index >= 15 is 0 Å². The Balaban J connectivity index is 0.00000392. The molecule has 0 saturated carbocycles. The number of carbonyl (C=O) groups is 1. The van der Waals surface area contributed by atoms with Gasteiger partial charge in [-0.15, -0.1) is 24.0 Å². The molecule has 0 radical (unpaired) electrons. The molecule has 0 bridgehead atoms. The number of unbranched alkanes of at least 4 members (excludes halogenated alkanes) is 1. The number of nitrogens with zero attached hydrogens (tertiary/aromatic N) is 4. The molecule has 2 rings (SSSR count). The predicted molar refractivity (Wildman–Crippen MR) is 122 cm³/mol. The van der Waals surface area contributed by atoms with Gasteiger partial charge < -0.3 is 24.8 Å². The van der Waals surface area contributed by atoms with E-state index in [-0.39, 0.29) is 30.1 Å². The zero-order valence-electron chi connectivity index (χ0n) is 17.3. The van der Waals surface area contributed by atoms with E-state index in [1.54, 1.807) is 4.90 Å². The van der Waals surface area contributed by atoms with Gasteiger partial charge in [-0.25, -0.2) is 9.78 Å². The number of aromatic nitrogens is 2. The van der Waals surface area contributed by atoms with Crippen molar-refractivity contribution in [3.63, 3.8) is 0 Å². The van der Waals surface area contributed by atoms with Crippen molar-refractivity contribution in [1.82, 2.24) is 25.1 Å². The van der Waals surface area contributed by atoms with E-state index in [1.807, 2.05) is 26.2 Å². The highest BCUT2D eigenvalue weighted by Gasteiger charge is 2.23. The molecule has 9 heteroatoms. The third-order valence-electron chi connectivity index (χ3n) is 4.71. The molecule has 1 aromatic heterocycles. The normalized spacial score (nSPS) is 15.1. The van der Waals surface area contributed by atoms with Crippen LogP contribution >= 0.6 is 24.0 Å². The number of nitrogens with one attached hydrogen (secondary N) is 2. The first-order chi connectivity index (χ1) is 13.1. The fourth-order valence-electron chi connectivity index (χ4n) is 3.16. The van der Waals surface area contributed by atoms with Gasteiger partial charge in [-0.3, -0.25) is 4.99 Å². The number of likely N-dealkylation sites (tertiary alicyclic amines) is 1. The lowest BCUT2D eigenvalue weighted by molar-refractivity contribution is 0.0963. The third kappa shape index (κ3) is 8.24. The average Bonchev–Trinajstić information content (AvgIpc) is 3.07. The van der Waals surface area contributed by atoms with Gasteiger partial charge in [0.05, 0.1) is 6.61 Å². The summed E-state index contributed by atoms with van der Waals surface area (Å²) in [6, 6.07) is 0.335. The van der Waals surface area contributed by atoms with Crippen LogP contribution in [-0.4, -0.2) is 65.3 Å². The molecule has 2 N–H and O–H groups in total. The molecule has 28 heavy (non-hydrogen) atoms. The number of aryl methyl sites for hydroxylation is 2. The summed E-state index contributed by atoms with van der Waals surface area (Å²) in [4.78, 5) is 22.5. The molecule has 1 saturated heterocycles. The lowest BCUT2D eigenvalue weighted by Crippen LogP contribution is -2.49. The standard InChI is InChI=1S/C19H34N6O2.HI/c1-4-20-18(22-10-6-7-12-24-15-11-21-16(24)3)23-17-8-13-25(14-9-17)19(26)27-5-2;/h11,15,17H,4-10,12-14H2,1-3H3,(H2,20,22,23);1H. The number of rotatable bonds is 8. The Kier molecular flexibility index (Phi) is 11.9. The number of hydrogen-bond acceptors (Lipinski definition) is 4. The molecule has 0 aliphatic carbocycles. The summed E-state index contributed by atoms with van der Waals surface area (Å²) in [6.07, 6.45) is 7.59. The largest absolute Gasteiger partial charge is 0.450 e. The summed E-state index contributed by atoms with van der Waals surface area (Å²) in [7, 11) is 0. The zero-order valence-corrected chi connectivity index (χ0v) is 19.6. The van der Waals surface area contributed by atoms with E-state index in [2.05, 4.69) is 27.1 Å². The molecule has 2 heterocycles. The number of guanidine groups is 1. The number of piperidine rings is 1. The highest BCUT2D eigenvalue weighted by Crippen LogP contribution is 2.11. The van der Waals surface area contributed by atoms with Crippen LogP contribution in [-0.2, 0) is 11.3 Å². The monoisotopic (exact) mass is 506 g/mol. The van der Waals surface area contributed by atoms with Crippen LogP contribution in [0.15, 0.2) is 17.4 Å². The Morgan fingerprint density at radius 3 is 2.68 bits per heavy atom. The van der Waals surface area contributed by atoms with Gasteiger partial charge in [-0.1, -0.05) is 0 Å². The third-order valence-corrected chi connectivity index (χ3v) is 4.71. The molecule has 1 aliphatic heterocycles. The molecule has 1 aromatic rings. The molecule has 1 amide bonds. The maximum Gasteiger partial charge on any atom is 0.409 e. The number of carbonyl (C=O) groups excluding carboxylic acids is 1. The van der Waals surface area contributed by atoms with Gasteiger partial charge in [0.1, 0.15) is 5.82 Å². The number of halogens is 1. The Morgan fingerprint density at radius 2 is 2.07 bits per heavy atom. The van der Waals surface area contributed by atoms with E-state index in [1.165, 1.54) is 0 Å². The fraction of sp³-hybridized carbons (Fsp3) is 0.737. The summed E-state index contributed by atoms with van der Waals surface area (Å²) in [5, 5.41) is 6.82. The van der Waals surface area contributed by atoms with Crippen molar-refractivity contribution in [3.8, 4) is 0 Å². The van der Waals surface area contributed by atoms with Crippen molar-refractivity contribution in [2.24, 2.45) is 4.99 Å². The molecule has 160 valence electrons. The summed E-state index contributed by atoms with van der Waals surface area (Å²) in [6.45, 7) is 10.4. The van der Waals surface area contributed by atoms with Crippen LogP contribution in [0, 0.1) is 6.92 Å². The van der Waals surface area contributed by atoms with Crippen LogP contribution in [0.5, 0.6) is 0 Å². The SMILES string of the molecule is CCNC(=NCCCCn1ccnc1C)NC1CCN(C(=O)OCC)CC1.I. The first-order valence-corrected chi connectivity index (χ1v) is 10.1. The molecular formula is C19H35IN6O2. The summed E-state index contributed by atoms with van der Waals surface area (Å²) in [5.41, 5.74) is 0. The summed E-state index contributed by atoms with van der Waals surface area (Å²) in [5.74, 6) is 1.92. The first kappa shape index (κ1) is 24.5. The molecule has 0 aromatic carbocycles. The van der Waals surface area contributed by atoms with E-state index < -0.39 is 0 Å². The molecule has 8 nitrogen and oxygen atoms in total. The van der Waals surface area contributed by atoms with Crippen molar-refractivity contribution in [2.45, 2.75) is 59.0 Å². The van der Waals surface area contributed by atoms with Crippen LogP contribution in [0.4, 0.5) is 4.79 Å². The topological polar surface area (TPSA) is 83.8 Å². The molecule has 1 aliphatic rings. The second kappa shape index (κ2) is 13.6. The van der Waals surface area contributed by atoms with Crippen molar-refractivity contribution in [2.75, 3.05) is 32.8 Å². The van der Waals surface area contributed by atoms with E-state index in [4.69, 9.17) is 9.73 Å². The number of amides is 1. The number of imidazole rings is 1. The maximum absolute atomic E-state index is 11.8. The van der Waals surface area contributed by atoms with E-state index in [0.717, 1.165) is 70.2 Å². The summed E-state index contributed by atoms with van der Waals surface area (Å²) < 4.78 is 7.24. The Labute approximate surface area is 185 Å². The second-order valence-corrected chi connectivity index (χ2v) is 6.74. The fourth-order valence-corrected chi connectivity index (χ4v) is 3.16. The molecular weight excluding hydrogens is 471 g/mol. The van der Waals surface area contributed by atoms with Gasteiger partial charge in [0.25, 0.3) is 0 Å². The Morgan fingerprint density at radius 1 is 1.32 bits per heavy atom. The zero-order chi connectivity index (χ0) is 19.5. The molecule has 0 atom stereocenters. The second-order valence-electron chi connectivity index (χ2n) is 6.74. The maximum atomic E-state index is 11.8. The van der Waals surface area contributed by atoms with Crippen molar-refractivity contribution < 1.29 is 9.53 Å². The van der Waals surface area contributed by atoms with Crippen LogP contribution in [0.1, 0.15) is 45.4 Å². The van der Waals surface area contributed by atoms with Gasteiger partial charge in [-0.2, -0.15) is 0 Å². The average molecular weight is 506 g/mol. The smallest absolute Gasteiger partial charge is 0.409 e. The van der Waals surface area contributed by atoms with E-state index in [9.17, 15) is 4.79 Å². The highest BCUT2D eigenvalue weighted by molar-refractivity contribution is 14.0. The van der Waals surface area contributed by atoms with Crippen LogP contribution in [0.2, 0.25) is 0 Å². The molecule has 1 fully saturated rings. The van der Waals surface area contributed by atoms with Gasteiger partial charge in [0, 0.05) is 51.2 Å². The Hall–Kier alpha value is -1.52. The van der Waals surface area contributed by atoms with Crippen LogP contribution < -0.4 is 10.6 Å². The minimum absolute atomic E-state index is 0. The van der Waals surface area contributed by atoms with Crippen LogP contribution in [0.3, 0.4) is 0 Å². The lowest BCUT2D eigenvalue weighted by Gasteiger charge is -2.32. The molecule has 0 spiro atoms. The molecule has 0 unspecified atom stereocenters. The van der Waals surface area contributed by atoms with E-state index in [0.29, 0.717) is 12.6 Å². The quantitative estimate of drug-likeness (QED) is 0.245. The first-order valence-electron chi connectivity index (χ1n) is 10.1. The minimum atomic E-state index is -0.204.